The number of esters is 2. The van der Waals surface area contributed by atoms with Gasteiger partial charge in [-0.15, -0.1) is 11.3 Å². The molecular weight excluding hydrogens is 821 g/mol. The number of hydrogen-bond acceptors (Lipinski definition) is 16. The number of aryl methyl sites for hydroxylation is 1. The zero-order valence-electron chi connectivity index (χ0n) is 34.5. The quantitative estimate of drug-likeness (QED) is 0.118. The van der Waals surface area contributed by atoms with Crippen molar-refractivity contribution in [1.82, 2.24) is 19.5 Å². The Hall–Kier alpha value is -4.53. The van der Waals surface area contributed by atoms with Gasteiger partial charge >= 0.3 is 18.0 Å². The van der Waals surface area contributed by atoms with Crippen LogP contribution in [0, 0.1) is 18.8 Å². The van der Waals surface area contributed by atoms with Crippen LogP contribution in [-0.4, -0.2) is 125 Å². The van der Waals surface area contributed by atoms with Crippen LogP contribution >= 0.6 is 11.3 Å². The van der Waals surface area contributed by atoms with E-state index in [1.54, 1.807) is 24.3 Å². The lowest BCUT2D eigenvalue weighted by atomic mass is 10.0. The zero-order valence-corrected chi connectivity index (χ0v) is 36.2. The average molecular weight is 875 g/mol. The van der Waals surface area contributed by atoms with Gasteiger partial charge in [0.1, 0.15) is 24.6 Å². The summed E-state index contributed by atoms with van der Waals surface area (Å²) in [6, 6.07) is 10.4. The third-order valence-corrected chi connectivity index (χ3v) is 12.9. The van der Waals surface area contributed by atoms with Crippen LogP contribution in [0.1, 0.15) is 50.4 Å². The highest BCUT2D eigenvalue weighted by atomic mass is 32.2. The van der Waals surface area contributed by atoms with Crippen LogP contribution in [0.3, 0.4) is 0 Å². The molecule has 0 radical (unpaired) electrons. The second-order valence-corrected chi connectivity index (χ2v) is 18.1. The first-order valence-electron chi connectivity index (χ1n) is 20.1. The minimum absolute atomic E-state index is 0.0217. The van der Waals surface area contributed by atoms with Gasteiger partial charge < -0.3 is 43.2 Å². The molecule has 17 nitrogen and oxygen atoms in total. The van der Waals surface area contributed by atoms with Crippen molar-refractivity contribution in [3.63, 3.8) is 0 Å². The molecular formula is C41H54N4O13S2. The first kappa shape index (κ1) is 45.0. The van der Waals surface area contributed by atoms with E-state index < -0.39 is 65.7 Å². The fourth-order valence-corrected chi connectivity index (χ4v) is 9.31. The monoisotopic (exact) mass is 874 g/mol. The van der Waals surface area contributed by atoms with E-state index in [1.807, 2.05) is 44.9 Å². The molecule has 3 aliphatic rings. The van der Waals surface area contributed by atoms with E-state index in [1.165, 1.54) is 33.8 Å². The van der Waals surface area contributed by atoms with Gasteiger partial charge in [0.05, 0.1) is 53.9 Å². The maximum Gasteiger partial charge on any atom is 0.407 e. The smallest absolute Gasteiger partial charge is 0.407 e. The fourth-order valence-electron chi connectivity index (χ4n) is 7.08. The van der Waals surface area contributed by atoms with E-state index in [0.29, 0.717) is 43.2 Å². The summed E-state index contributed by atoms with van der Waals surface area (Å²) in [7, 11) is -4.27. The van der Waals surface area contributed by atoms with E-state index in [2.05, 4.69) is 10.3 Å². The molecule has 2 aromatic carbocycles. The fraction of sp³-hybridized carbons (Fsp3) is 0.561. The Balaban J connectivity index is 1.28. The van der Waals surface area contributed by atoms with Crippen molar-refractivity contribution in [1.29, 1.82) is 0 Å². The summed E-state index contributed by atoms with van der Waals surface area (Å²) in [5.74, 6) is -0.623. The first-order chi connectivity index (χ1) is 28.8. The van der Waals surface area contributed by atoms with Gasteiger partial charge in [0.15, 0.2) is 24.4 Å². The van der Waals surface area contributed by atoms with Crippen LogP contribution in [-0.2, 0) is 56.3 Å². The Morgan fingerprint density at radius 3 is 2.48 bits per heavy atom. The number of thiazole rings is 1. The Morgan fingerprint density at radius 1 is 1.00 bits per heavy atom. The highest BCUT2D eigenvalue weighted by Gasteiger charge is 2.44. The molecule has 0 aliphatic carbocycles. The number of ether oxygens (including phenoxy) is 8. The number of alkyl carbamates (subject to hydrolysis) is 1. The SMILES string of the molecule is CCN(CC)CC(=O)OCC(=O)O[C@H](CN(CC(C)C)S(=O)(=O)c1ccc2c(c1)OCO2)[C@H](Cc1ccc(OCc2csc(C)n2)cc1)NC(=O)O[C@H]1CO[C@H]2OCC[C@H]21. The minimum atomic E-state index is -4.27. The number of fused-ring (bicyclic) bond motifs is 2. The van der Waals surface area contributed by atoms with Gasteiger partial charge in [-0.2, -0.15) is 4.31 Å². The molecule has 3 aromatic rings. The normalized spacial score (nSPS) is 19.3. The van der Waals surface area contributed by atoms with Crippen molar-refractivity contribution in [2.45, 2.75) is 83.5 Å². The molecule has 1 amide bonds. The third-order valence-electron chi connectivity index (χ3n) is 10.2. The predicted molar refractivity (Wildman–Crippen MR) is 217 cm³/mol. The molecule has 1 aromatic heterocycles. The molecule has 0 unspecified atom stereocenters. The molecule has 2 fully saturated rings. The van der Waals surface area contributed by atoms with Gasteiger partial charge in [0.2, 0.25) is 16.8 Å². The van der Waals surface area contributed by atoms with Crippen molar-refractivity contribution in [2.75, 3.05) is 59.3 Å². The maximum atomic E-state index is 14.5. The number of aromatic nitrogens is 1. The number of likely N-dealkylation sites (N-methyl/N-ethyl adjacent to an activating group) is 1. The lowest BCUT2D eigenvalue weighted by Crippen LogP contribution is -2.53. The lowest BCUT2D eigenvalue weighted by Gasteiger charge is -2.33. The highest BCUT2D eigenvalue weighted by molar-refractivity contribution is 7.89. The number of rotatable bonds is 21. The van der Waals surface area contributed by atoms with Crippen LogP contribution in [0.15, 0.2) is 52.7 Å². The number of carbonyl (C=O) groups excluding carboxylic acids is 3. The number of amides is 1. The van der Waals surface area contributed by atoms with Crippen LogP contribution in [0.2, 0.25) is 0 Å². The summed E-state index contributed by atoms with van der Waals surface area (Å²) in [5, 5.41) is 5.75. The van der Waals surface area contributed by atoms with Gasteiger partial charge in [-0.25, -0.2) is 23.0 Å². The first-order valence-corrected chi connectivity index (χ1v) is 22.4. The zero-order chi connectivity index (χ0) is 42.8. The molecule has 3 aliphatic heterocycles. The molecule has 0 saturated carbocycles. The van der Waals surface area contributed by atoms with Crippen LogP contribution < -0.4 is 19.5 Å². The maximum absolute atomic E-state index is 14.5. The van der Waals surface area contributed by atoms with Crippen molar-refractivity contribution < 1.29 is 60.7 Å². The predicted octanol–water partition coefficient (Wildman–Crippen LogP) is 4.30. The number of nitrogens with one attached hydrogen (secondary N) is 1. The Labute approximate surface area is 354 Å². The average Bonchev–Trinajstić information content (AvgIpc) is 4.05. The highest BCUT2D eigenvalue weighted by Crippen LogP contribution is 2.35. The molecule has 328 valence electrons. The van der Waals surface area contributed by atoms with Crippen molar-refractivity contribution in [3.05, 3.63) is 64.1 Å². The topological polar surface area (TPSA) is 191 Å². The van der Waals surface area contributed by atoms with Crippen LogP contribution in [0.25, 0.3) is 0 Å². The summed E-state index contributed by atoms with van der Waals surface area (Å²) < 4.78 is 75.5. The minimum Gasteiger partial charge on any atom is -0.487 e. The molecule has 1 N–H and O–H groups in total. The molecule has 4 heterocycles. The van der Waals surface area contributed by atoms with E-state index >= 15 is 0 Å². The van der Waals surface area contributed by atoms with Gasteiger partial charge in [-0.3, -0.25) is 9.69 Å². The Bertz CT molecular complexity index is 2030. The second kappa shape index (κ2) is 20.8. The number of benzene rings is 2. The number of sulfonamides is 1. The van der Waals surface area contributed by atoms with Crippen molar-refractivity contribution in [3.8, 4) is 17.2 Å². The molecule has 60 heavy (non-hydrogen) atoms. The van der Waals surface area contributed by atoms with E-state index in [0.717, 1.165) is 10.7 Å². The lowest BCUT2D eigenvalue weighted by molar-refractivity contribution is -0.164. The third kappa shape index (κ3) is 12.1. The van der Waals surface area contributed by atoms with Crippen molar-refractivity contribution >= 4 is 39.4 Å². The van der Waals surface area contributed by atoms with Crippen molar-refractivity contribution in [2.24, 2.45) is 11.8 Å². The standard InChI is InChI=1S/C41H54N4O13S2/c1-6-44(7-2)20-38(46)53-23-39(47)57-36(19-45(18-26(3)4)60(49,50)31-12-13-34-35(17-31)56-25-55-34)33(43-41(48)58-37-22-54-40-32(37)14-15-51-40)16-28-8-10-30(11-9-28)52-21-29-24-59-27(5)42-29/h8-13,17,24,26,32-33,36-37,40H,6-7,14-16,18-23,25H2,1-5H3,(H,43,48)/t32-,33-,36+,37-,40+/m0/s1. The Kier molecular flexibility index (Phi) is 15.6. The van der Waals surface area contributed by atoms with E-state index in [-0.39, 0.29) is 62.0 Å². The molecule has 19 heteroatoms. The number of hydrogen-bond donors (Lipinski definition) is 1. The van der Waals surface area contributed by atoms with Crippen LogP contribution in [0.5, 0.6) is 17.2 Å². The molecule has 6 rings (SSSR count). The van der Waals surface area contributed by atoms with Gasteiger partial charge in [-0.1, -0.05) is 39.8 Å². The molecule has 5 atom stereocenters. The van der Waals surface area contributed by atoms with Gasteiger partial charge in [0.25, 0.3) is 0 Å². The number of carbonyl (C=O) groups is 3. The number of nitrogens with zero attached hydrogens (tertiary/aromatic N) is 3. The summed E-state index contributed by atoms with van der Waals surface area (Å²) in [5.41, 5.74) is 1.50. The largest absolute Gasteiger partial charge is 0.487 e. The summed E-state index contributed by atoms with van der Waals surface area (Å²) in [6.07, 6.45) is -2.48. The summed E-state index contributed by atoms with van der Waals surface area (Å²) >= 11 is 1.53. The van der Waals surface area contributed by atoms with Crippen LogP contribution in [0.4, 0.5) is 4.79 Å². The Morgan fingerprint density at radius 2 is 1.77 bits per heavy atom. The van der Waals surface area contributed by atoms with Gasteiger partial charge in [0, 0.05) is 18.0 Å². The summed E-state index contributed by atoms with van der Waals surface area (Å²) in [6.45, 7) is 10.3. The van der Waals surface area contributed by atoms with E-state index in [9.17, 15) is 22.8 Å². The molecule has 2 saturated heterocycles. The summed E-state index contributed by atoms with van der Waals surface area (Å²) in [4.78, 5) is 46.3. The second-order valence-electron chi connectivity index (χ2n) is 15.1. The van der Waals surface area contributed by atoms with Gasteiger partial charge in [-0.05, 0) is 68.6 Å². The molecule has 0 bridgehead atoms. The molecule has 0 spiro atoms. The van der Waals surface area contributed by atoms with E-state index in [4.69, 9.17) is 37.9 Å².